The van der Waals surface area contributed by atoms with Gasteiger partial charge in [-0.3, -0.25) is 4.90 Å². The van der Waals surface area contributed by atoms with Crippen LogP contribution in [-0.4, -0.2) is 31.9 Å². The molecule has 1 aromatic heterocycles. The Morgan fingerprint density at radius 1 is 1.07 bits per heavy atom. The Bertz CT molecular complexity index is 983. The maximum absolute atomic E-state index is 10.9. The van der Waals surface area contributed by atoms with Crippen LogP contribution in [0.1, 0.15) is 54.9 Å². The van der Waals surface area contributed by atoms with Crippen LogP contribution in [0.3, 0.4) is 0 Å². The summed E-state index contributed by atoms with van der Waals surface area (Å²) in [6, 6.07) is 12.6. The van der Waals surface area contributed by atoms with Crippen molar-refractivity contribution in [1.82, 2.24) is 13.6 Å². The topological polar surface area (TPSA) is 58.5 Å². The summed E-state index contributed by atoms with van der Waals surface area (Å²) in [4.78, 5) is 2.41. The van der Waals surface area contributed by atoms with Crippen molar-refractivity contribution in [3.05, 3.63) is 53.1 Å². The zero-order valence-electron chi connectivity index (χ0n) is 16.6. The Labute approximate surface area is 175 Å². The van der Waals surface area contributed by atoms with Gasteiger partial charge in [0.15, 0.2) is 0 Å². The van der Waals surface area contributed by atoms with Crippen molar-refractivity contribution in [3.8, 4) is 5.75 Å². The Balaban J connectivity index is 1.34. The second kappa shape index (κ2) is 8.38. The molecule has 1 aliphatic heterocycles. The summed E-state index contributed by atoms with van der Waals surface area (Å²) in [5.41, 5.74) is 5.39. The van der Waals surface area contributed by atoms with Crippen molar-refractivity contribution in [3.63, 3.8) is 0 Å². The number of hydrogen-bond donors (Lipinski definition) is 1. The van der Waals surface area contributed by atoms with E-state index in [2.05, 4.69) is 44.0 Å². The molecule has 2 aromatic carbocycles. The molecular formula is C23H27N3O2S. The van der Waals surface area contributed by atoms with Gasteiger partial charge in [-0.1, -0.05) is 31.4 Å². The van der Waals surface area contributed by atoms with Gasteiger partial charge in [0.1, 0.15) is 23.4 Å². The summed E-state index contributed by atoms with van der Waals surface area (Å²) in [6.45, 7) is 3.24. The molecule has 0 saturated heterocycles. The molecule has 29 heavy (non-hydrogen) atoms. The molecule has 1 atom stereocenters. The largest absolute Gasteiger partial charge is 0.492 e. The van der Waals surface area contributed by atoms with Gasteiger partial charge in [-0.2, -0.15) is 8.75 Å². The fraction of sp³-hybridized carbons (Fsp3) is 0.478. The minimum atomic E-state index is -0.364. The molecule has 6 heteroatoms. The first-order valence-electron chi connectivity index (χ1n) is 10.6. The predicted molar refractivity (Wildman–Crippen MR) is 115 cm³/mol. The number of nitrogens with zero attached hydrogens (tertiary/aromatic N) is 3. The van der Waals surface area contributed by atoms with Crippen LogP contribution < -0.4 is 4.74 Å². The van der Waals surface area contributed by atoms with Crippen molar-refractivity contribution in [1.29, 1.82) is 0 Å². The van der Waals surface area contributed by atoms with Gasteiger partial charge in [-0.05, 0) is 54.2 Å². The number of aromatic nitrogens is 2. The van der Waals surface area contributed by atoms with E-state index in [9.17, 15) is 5.11 Å². The van der Waals surface area contributed by atoms with Crippen molar-refractivity contribution in [2.75, 3.05) is 13.2 Å². The van der Waals surface area contributed by atoms with Gasteiger partial charge in [-0.15, -0.1) is 0 Å². The molecule has 0 amide bonds. The average Bonchev–Trinajstić information content (AvgIpc) is 3.13. The van der Waals surface area contributed by atoms with E-state index in [0.717, 1.165) is 54.8 Å². The zero-order valence-corrected chi connectivity index (χ0v) is 17.4. The summed E-state index contributed by atoms with van der Waals surface area (Å²) < 4.78 is 14.7. The average molecular weight is 410 g/mol. The zero-order chi connectivity index (χ0) is 19.6. The minimum Gasteiger partial charge on any atom is -0.492 e. The molecule has 5 nitrogen and oxygen atoms in total. The summed E-state index contributed by atoms with van der Waals surface area (Å²) in [7, 11) is 0. The van der Waals surface area contributed by atoms with Gasteiger partial charge in [0, 0.05) is 25.2 Å². The van der Waals surface area contributed by atoms with Crippen LogP contribution in [0.15, 0.2) is 36.4 Å². The van der Waals surface area contributed by atoms with E-state index in [1.165, 1.54) is 42.1 Å². The predicted octanol–water partition coefficient (Wildman–Crippen LogP) is 4.70. The smallest absolute Gasteiger partial charge is 0.123 e. The van der Waals surface area contributed by atoms with Crippen molar-refractivity contribution < 1.29 is 9.84 Å². The summed E-state index contributed by atoms with van der Waals surface area (Å²) >= 11 is 1.26. The highest BCUT2D eigenvalue weighted by molar-refractivity contribution is 7.00. The Morgan fingerprint density at radius 3 is 2.83 bits per heavy atom. The van der Waals surface area contributed by atoms with Crippen LogP contribution in [0.5, 0.6) is 5.75 Å². The van der Waals surface area contributed by atoms with Gasteiger partial charge in [0.2, 0.25) is 0 Å². The standard InChI is InChI=1S/C23H27N3O2S/c27-23(17-4-2-1-3-5-17)18-7-9-22-19(13-18)15-26(10-11-28-22)14-16-6-8-20-21(12-16)25-29-24-20/h6-9,12-13,17,23,27H,1-5,10-11,14-15H2. The first kappa shape index (κ1) is 19.0. The van der Waals surface area contributed by atoms with Crippen LogP contribution >= 0.6 is 11.7 Å². The molecule has 0 spiro atoms. The molecule has 2 heterocycles. The molecule has 5 rings (SSSR count). The second-order valence-electron chi connectivity index (χ2n) is 8.36. The van der Waals surface area contributed by atoms with Crippen LogP contribution in [0.4, 0.5) is 0 Å². The lowest BCUT2D eigenvalue weighted by molar-refractivity contribution is 0.0847. The summed E-state index contributed by atoms with van der Waals surface area (Å²) in [6.07, 6.45) is 5.69. The van der Waals surface area contributed by atoms with Crippen molar-refractivity contribution in [2.45, 2.75) is 51.3 Å². The number of rotatable bonds is 4. The van der Waals surface area contributed by atoms with Crippen molar-refractivity contribution >= 4 is 22.8 Å². The van der Waals surface area contributed by atoms with Gasteiger partial charge < -0.3 is 9.84 Å². The SMILES string of the molecule is OC(c1ccc2c(c1)CN(Cc1ccc3nsnc3c1)CCO2)C1CCCCC1. The highest BCUT2D eigenvalue weighted by atomic mass is 32.1. The van der Waals surface area contributed by atoms with Crippen LogP contribution in [0.25, 0.3) is 11.0 Å². The molecule has 0 radical (unpaired) electrons. The molecule has 1 fully saturated rings. The monoisotopic (exact) mass is 409 g/mol. The van der Waals surface area contributed by atoms with Crippen molar-refractivity contribution in [2.24, 2.45) is 5.92 Å². The molecule has 3 aromatic rings. The maximum atomic E-state index is 10.9. The van der Waals surface area contributed by atoms with E-state index in [4.69, 9.17) is 4.74 Å². The van der Waals surface area contributed by atoms with E-state index in [0.29, 0.717) is 12.5 Å². The second-order valence-corrected chi connectivity index (χ2v) is 8.88. The Morgan fingerprint density at radius 2 is 1.93 bits per heavy atom. The van der Waals surface area contributed by atoms with Gasteiger partial charge in [0.25, 0.3) is 0 Å². The summed E-state index contributed by atoms with van der Waals surface area (Å²) in [5, 5.41) is 10.9. The number of hydrogen-bond acceptors (Lipinski definition) is 6. The highest BCUT2D eigenvalue weighted by Gasteiger charge is 2.25. The summed E-state index contributed by atoms with van der Waals surface area (Å²) in [5.74, 6) is 1.34. The third-order valence-corrected chi connectivity index (χ3v) is 6.86. The Kier molecular flexibility index (Phi) is 5.48. The fourth-order valence-electron chi connectivity index (χ4n) is 4.69. The van der Waals surface area contributed by atoms with Crippen LogP contribution in [-0.2, 0) is 13.1 Å². The lowest BCUT2D eigenvalue weighted by atomic mass is 9.82. The number of aliphatic hydroxyl groups excluding tert-OH is 1. The lowest BCUT2D eigenvalue weighted by Gasteiger charge is -2.27. The van der Waals surface area contributed by atoms with E-state index in [-0.39, 0.29) is 6.10 Å². The first-order valence-corrected chi connectivity index (χ1v) is 11.4. The molecule has 2 aliphatic rings. The fourth-order valence-corrected chi connectivity index (χ4v) is 5.21. The molecule has 1 unspecified atom stereocenters. The third-order valence-electron chi connectivity index (χ3n) is 6.31. The molecule has 1 aliphatic carbocycles. The van der Waals surface area contributed by atoms with E-state index in [1.54, 1.807) is 0 Å². The normalized spacial score (nSPS) is 19.5. The molecule has 152 valence electrons. The molecule has 1 saturated carbocycles. The molecule has 1 N–H and O–H groups in total. The minimum absolute atomic E-state index is 0.364. The first-order chi connectivity index (χ1) is 14.3. The third kappa shape index (κ3) is 4.15. The van der Waals surface area contributed by atoms with E-state index < -0.39 is 0 Å². The Hall–Kier alpha value is -2.02. The van der Waals surface area contributed by atoms with E-state index in [1.807, 2.05) is 6.07 Å². The molecule has 0 bridgehead atoms. The van der Waals surface area contributed by atoms with Gasteiger partial charge in [0.05, 0.1) is 17.8 Å². The van der Waals surface area contributed by atoms with Crippen LogP contribution in [0.2, 0.25) is 0 Å². The lowest BCUT2D eigenvalue weighted by Crippen LogP contribution is -2.25. The van der Waals surface area contributed by atoms with Gasteiger partial charge in [-0.25, -0.2) is 0 Å². The highest BCUT2D eigenvalue weighted by Crippen LogP contribution is 2.36. The number of fused-ring (bicyclic) bond motifs is 2. The molecular weight excluding hydrogens is 382 g/mol. The maximum Gasteiger partial charge on any atom is 0.123 e. The van der Waals surface area contributed by atoms with E-state index >= 15 is 0 Å². The van der Waals surface area contributed by atoms with Gasteiger partial charge >= 0.3 is 0 Å². The van der Waals surface area contributed by atoms with Crippen LogP contribution in [0, 0.1) is 5.92 Å². The number of ether oxygens (including phenoxy) is 1. The number of benzene rings is 2. The quantitative estimate of drug-likeness (QED) is 0.677. The number of aliphatic hydroxyl groups is 1.